The van der Waals surface area contributed by atoms with E-state index in [4.69, 9.17) is 4.74 Å². The Bertz CT molecular complexity index is 195. The Hall–Kier alpha value is -0.350. The maximum absolute atomic E-state index is 11.0. The van der Waals surface area contributed by atoms with E-state index in [1.54, 1.807) is 0 Å². The van der Waals surface area contributed by atoms with E-state index in [2.05, 4.69) is 27.8 Å². The Labute approximate surface area is 100 Å². The Morgan fingerprint density at radius 1 is 1.40 bits per heavy atom. The lowest BCUT2D eigenvalue weighted by Crippen LogP contribution is -2.16. The van der Waals surface area contributed by atoms with Crippen LogP contribution < -0.4 is 5.32 Å². The van der Waals surface area contributed by atoms with Crippen LogP contribution in [0.15, 0.2) is 11.1 Å². The Kier molecular flexibility index (Phi) is 9.94. The number of hydrogen-bond donors (Lipinski definition) is 1. The van der Waals surface area contributed by atoms with Gasteiger partial charge in [0, 0.05) is 17.4 Å². The highest BCUT2D eigenvalue weighted by atomic mass is 79.9. The van der Waals surface area contributed by atoms with Crippen molar-refractivity contribution in [2.75, 3.05) is 19.7 Å². The average Bonchev–Trinajstić information content (AvgIpc) is 2.16. The monoisotopic (exact) mass is 277 g/mol. The van der Waals surface area contributed by atoms with Gasteiger partial charge >= 0.3 is 5.97 Å². The minimum Gasteiger partial charge on any atom is -0.466 e. The molecule has 0 aliphatic heterocycles. The molecule has 0 aliphatic carbocycles. The second-order valence-electron chi connectivity index (χ2n) is 3.31. The van der Waals surface area contributed by atoms with Gasteiger partial charge in [-0.2, -0.15) is 0 Å². The van der Waals surface area contributed by atoms with Crippen LogP contribution in [-0.2, 0) is 9.53 Å². The van der Waals surface area contributed by atoms with E-state index in [0.29, 0.717) is 13.0 Å². The molecule has 4 heteroatoms. The summed E-state index contributed by atoms with van der Waals surface area (Å²) in [4.78, 5) is 11.0. The lowest BCUT2D eigenvalue weighted by atomic mass is 10.2. The smallest absolute Gasteiger partial charge is 0.305 e. The lowest BCUT2D eigenvalue weighted by molar-refractivity contribution is -0.143. The van der Waals surface area contributed by atoms with Gasteiger partial charge in [-0.3, -0.25) is 4.79 Å². The predicted octanol–water partition coefficient (Wildman–Crippen LogP) is 2.61. The molecule has 0 aromatic rings. The number of unbranched alkanes of at least 4 members (excludes halogenated alkanes) is 2. The first kappa shape index (κ1) is 14.6. The van der Waals surface area contributed by atoms with Crippen molar-refractivity contribution in [1.29, 1.82) is 0 Å². The summed E-state index contributed by atoms with van der Waals surface area (Å²) in [6, 6.07) is 0. The zero-order valence-corrected chi connectivity index (χ0v) is 10.9. The van der Waals surface area contributed by atoms with E-state index in [1.165, 1.54) is 0 Å². The minimum absolute atomic E-state index is 0.0840. The van der Waals surface area contributed by atoms with Crippen molar-refractivity contribution in [3.8, 4) is 0 Å². The second-order valence-corrected chi connectivity index (χ2v) is 4.43. The molecular weight excluding hydrogens is 258 g/mol. The molecule has 0 fully saturated rings. The summed E-state index contributed by atoms with van der Waals surface area (Å²) in [7, 11) is 0. The van der Waals surface area contributed by atoms with Gasteiger partial charge in [0.05, 0.1) is 6.61 Å². The SMILES string of the molecule is C=C(Br)CNCCCCCC(=O)OCC. The fourth-order valence-electron chi connectivity index (χ4n) is 1.15. The lowest BCUT2D eigenvalue weighted by Gasteiger charge is -2.03. The van der Waals surface area contributed by atoms with Crippen molar-refractivity contribution < 1.29 is 9.53 Å². The first-order chi connectivity index (χ1) is 7.16. The number of esters is 1. The molecule has 0 unspecified atom stereocenters. The molecule has 1 N–H and O–H groups in total. The van der Waals surface area contributed by atoms with Crippen LogP contribution in [0, 0.1) is 0 Å². The molecule has 88 valence electrons. The molecule has 0 rings (SSSR count). The van der Waals surface area contributed by atoms with E-state index in [1.807, 2.05) is 6.92 Å². The second kappa shape index (κ2) is 10.2. The molecular formula is C11H20BrNO2. The third-order valence-electron chi connectivity index (χ3n) is 1.86. The molecule has 0 aromatic carbocycles. The average molecular weight is 278 g/mol. The van der Waals surface area contributed by atoms with Crippen LogP contribution >= 0.6 is 15.9 Å². The van der Waals surface area contributed by atoms with Gasteiger partial charge in [-0.05, 0) is 26.3 Å². The van der Waals surface area contributed by atoms with E-state index >= 15 is 0 Å². The fraction of sp³-hybridized carbons (Fsp3) is 0.727. The molecule has 0 aliphatic rings. The summed E-state index contributed by atoms with van der Waals surface area (Å²) in [6.07, 6.45) is 3.59. The normalized spacial score (nSPS) is 10.0. The first-order valence-electron chi connectivity index (χ1n) is 5.36. The van der Waals surface area contributed by atoms with Crippen molar-refractivity contribution in [2.24, 2.45) is 0 Å². The number of nitrogens with one attached hydrogen (secondary N) is 1. The molecule has 15 heavy (non-hydrogen) atoms. The highest BCUT2D eigenvalue weighted by Crippen LogP contribution is 2.01. The Morgan fingerprint density at radius 2 is 2.13 bits per heavy atom. The first-order valence-corrected chi connectivity index (χ1v) is 6.15. The Morgan fingerprint density at radius 3 is 2.73 bits per heavy atom. The molecule has 3 nitrogen and oxygen atoms in total. The maximum Gasteiger partial charge on any atom is 0.305 e. The molecule has 0 saturated carbocycles. The van der Waals surface area contributed by atoms with Crippen molar-refractivity contribution in [1.82, 2.24) is 5.32 Å². The third-order valence-corrected chi connectivity index (χ3v) is 2.14. The standard InChI is InChI=1S/C11H20BrNO2/c1-3-15-11(14)7-5-4-6-8-13-9-10(2)12/h13H,2-9H2,1H3. The topological polar surface area (TPSA) is 38.3 Å². The fourth-order valence-corrected chi connectivity index (χ4v) is 1.35. The molecule has 0 aromatic heterocycles. The number of halogens is 1. The van der Waals surface area contributed by atoms with Crippen LogP contribution in [-0.4, -0.2) is 25.7 Å². The summed E-state index contributed by atoms with van der Waals surface area (Å²) in [5, 5.41) is 3.24. The molecule has 0 amide bonds. The van der Waals surface area contributed by atoms with Crippen LogP contribution in [0.25, 0.3) is 0 Å². The van der Waals surface area contributed by atoms with Gasteiger partial charge < -0.3 is 10.1 Å². The van der Waals surface area contributed by atoms with Gasteiger partial charge in [-0.15, -0.1) is 0 Å². The zero-order valence-electron chi connectivity index (χ0n) is 9.35. The van der Waals surface area contributed by atoms with E-state index in [9.17, 15) is 4.79 Å². The molecule has 0 spiro atoms. The van der Waals surface area contributed by atoms with Crippen LogP contribution in [0.2, 0.25) is 0 Å². The highest BCUT2D eigenvalue weighted by Gasteiger charge is 2.00. The van der Waals surface area contributed by atoms with Gasteiger partial charge in [-0.1, -0.05) is 28.9 Å². The van der Waals surface area contributed by atoms with Gasteiger partial charge in [0.15, 0.2) is 0 Å². The van der Waals surface area contributed by atoms with Gasteiger partial charge in [0.1, 0.15) is 0 Å². The van der Waals surface area contributed by atoms with Crippen LogP contribution in [0.3, 0.4) is 0 Å². The number of rotatable bonds is 9. The van der Waals surface area contributed by atoms with E-state index < -0.39 is 0 Å². The van der Waals surface area contributed by atoms with Crippen LogP contribution in [0.4, 0.5) is 0 Å². The predicted molar refractivity (Wildman–Crippen MR) is 66.0 cm³/mol. The largest absolute Gasteiger partial charge is 0.466 e. The third kappa shape index (κ3) is 11.6. The summed E-state index contributed by atoms with van der Waals surface area (Å²) in [5.74, 6) is -0.0840. The molecule has 0 heterocycles. The van der Waals surface area contributed by atoms with E-state index in [0.717, 1.165) is 36.8 Å². The number of carbonyl (C=O) groups is 1. The van der Waals surface area contributed by atoms with Crippen molar-refractivity contribution >= 4 is 21.9 Å². The van der Waals surface area contributed by atoms with Crippen LogP contribution in [0.5, 0.6) is 0 Å². The molecule has 0 radical (unpaired) electrons. The van der Waals surface area contributed by atoms with Crippen molar-refractivity contribution in [3.63, 3.8) is 0 Å². The summed E-state index contributed by atoms with van der Waals surface area (Å²) < 4.78 is 5.80. The number of ether oxygens (including phenoxy) is 1. The summed E-state index contributed by atoms with van der Waals surface area (Å²) in [6.45, 7) is 7.80. The maximum atomic E-state index is 11.0. The minimum atomic E-state index is -0.0840. The van der Waals surface area contributed by atoms with E-state index in [-0.39, 0.29) is 5.97 Å². The number of hydrogen-bond acceptors (Lipinski definition) is 3. The molecule has 0 bridgehead atoms. The zero-order chi connectivity index (χ0) is 11.5. The summed E-state index contributed by atoms with van der Waals surface area (Å²) >= 11 is 3.28. The number of carbonyl (C=O) groups excluding carboxylic acids is 1. The van der Waals surface area contributed by atoms with Crippen LogP contribution in [0.1, 0.15) is 32.6 Å². The Balaban J connectivity index is 3.11. The molecule has 0 atom stereocenters. The van der Waals surface area contributed by atoms with Crippen molar-refractivity contribution in [3.05, 3.63) is 11.1 Å². The summed E-state index contributed by atoms with van der Waals surface area (Å²) in [5.41, 5.74) is 0. The van der Waals surface area contributed by atoms with Gasteiger partial charge in [0.2, 0.25) is 0 Å². The molecule has 0 saturated heterocycles. The van der Waals surface area contributed by atoms with Gasteiger partial charge in [0.25, 0.3) is 0 Å². The van der Waals surface area contributed by atoms with Crippen molar-refractivity contribution in [2.45, 2.75) is 32.6 Å². The highest BCUT2D eigenvalue weighted by molar-refractivity contribution is 9.11. The quantitative estimate of drug-likeness (QED) is 0.520. The van der Waals surface area contributed by atoms with Gasteiger partial charge in [-0.25, -0.2) is 0 Å².